The lowest BCUT2D eigenvalue weighted by molar-refractivity contribution is -0.385. The Balaban J connectivity index is 2.39. The van der Waals surface area contributed by atoms with Crippen molar-refractivity contribution in [1.82, 2.24) is 0 Å². The Kier molecular flexibility index (Phi) is 4.03. The molecule has 0 saturated heterocycles. The zero-order valence-electron chi connectivity index (χ0n) is 11.0. The summed E-state index contributed by atoms with van der Waals surface area (Å²) in [4.78, 5) is 11.9. The summed E-state index contributed by atoms with van der Waals surface area (Å²) in [5.41, 5.74) is -0.144. The van der Waals surface area contributed by atoms with Gasteiger partial charge in [0, 0.05) is 18.7 Å². The van der Waals surface area contributed by atoms with Crippen molar-refractivity contribution in [2.24, 2.45) is 0 Å². The molecule has 106 valence electrons. The lowest BCUT2D eigenvalue weighted by Gasteiger charge is -2.24. The van der Waals surface area contributed by atoms with E-state index >= 15 is 0 Å². The molecule has 20 heavy (non-hydrogen) atoms. The van der Waals surface area contributed by atoms with E-state index in [9.17, 15) is 14.5 Å². The summed E-state index contributed by atoms with van der Waals surface area (Å²) in [6.07, 6.45) is 2.14. The molecular weight excluding hydrogens is 265 g/mol. The normalized spacial score (nSPS) is 13.7. The average Bonchev–Trinajstić information content (AvgIpc) is 3.24. The van der Waals surface area contributed by atoms with Crippen LogP contribution in [-0.4, -0.2) is 24.6 Å². The quantitative estimate of drug-likeness (QED) is 0.590. The molecule has 1 aliphatic carbocycles. The fourth-order valence-corrected chi connectivity index (χ4v) is 2.11. The maximum atomic E-state index is 14.1. The summed E-state index contributed by atoms with van der Waals surface area (Å²) in [6.45, 7) is 0.402. The summed E-state index contributed by atoms with van der Waals surface area (Å²) in [6, 6.07) is 4.43. The highest BCUT2D eigenvalue weighted by Crippen LogP contribution is 2.38. The van der Waals surface area contributed by atoms with E-state index in [0.717, 1.165) is 18.9 Å². The minimum Gasteiger partial charge on any atom is -0.490 e. The van der Waals surface area contributed by atoms with Crippen LogP contribution in [0.25, 0.3) is 0 Å². The van der Waals surface area contributed by atoms with Crippen molar-refractivity contribution >= 4 is 11.4 Å². The molecule has 0 atom stereocenters. The Bertz CT molecular complexity index is 567. The Labute approximate surface area is 115 Å². The predicted molar refractivity (Wildman–Crippen MR) is 70.2 cm³/mol. The van der Waals surface area contributed by atoms with E-state index in [1.165, 1.54) is 13.2 Å². The average molecular weight is 279 g/mol. The van der Waals surface area contributed by atoms with Crippen LogP contribution in [0.4, 0.5) is 15.8 Å². The summed E-state index contributed by atoms with van der Waals surface area (Å²) in [5.74, 6) is -0.642. The van der Waals surface area contributed by atoms with Gasteiger partial charge < -0.3 is 9.64 Å². The molecule has 0 bridgehead atoms. The summed E-state index contributed by atoms with van der Waals surface area (Å²) in [5, 5.41) is 19.5. The van der Waals surface area contributed by atoms with Gasteiger partial charge in [-0.15, -0.1) is 0 Å². The zero-order chi connectivity index (χ0) is 14.7. The second kappa shape index (κ2) is 5.74. The van der Waals surface area contributed by atoms with E-state index in [2.05, 4.69) is 0 Å². The van der Waals surface area contributed by atoms with Crippen molar-refractivity contribution in [2.45, 2.75) is 25.3 Å². The molecule has 0 aromatic heterocycles. The number of benzene rings is 1. The monoisotopic (exact) mass is 279 g/mol. The number of ether oxygens (including phenoxy) is 1. The molecular formula is C13H14FN3O3. The molecule has 6 nitrogen and oxygen atoms in total. The first kappa shape index (κ1) is 14.1. The Morgan fingerprint density at radius 1 is 1.60 bits per heavy atom. The van der Waals surface area contributed by atoms with Crippen LogP contribution < -0.4 is 9.64 Å². The third-order valence-electron chi connectivity index (χ3n) is 3.21. The highest BCUT2D eigenvalue weighted by atomic mass is 19.1. The van der Waals surface area contributed by atoms with E-state index in [0.29, 0.717) is 6.54 Å². The Morgan fingerprint density at radius 3 is 2.80 bits per heavy atom. The van der Waals surface area contributed by atoms with Crippen LogP contribution in [0.1, 0.15) is 19.3 Å². The summed E-state index contributed by atoms with van der Waals surface area (Å²) < 4.78 is 19.1. The van der Waals surface area contributed by atoms with Gasteiger partial charge in [-0.1, -0.05) is 0 Å². The second-order valence-electron chi connectivity index (χ2n) is 4.57. The molecule has 1 aromatic carbocycles. The van der Waals surface area contributed by atoms with Crippen LogP contribution in [0.3, 0.4) is 0 Å². The van der Waals surface area contributed by atoms with Crippen molar-refractivity contribution < 1.29 is 14.1 Å². The van der Waals surface area contributed by atoms with Crippen LogP contribution in [0.5, 0.6) is 5.75 Å². The lowest BCUT2D eigenvalue weighted by atomic mass is 10.2. The first-order valence-corrected chi connectivity index (χ1v) is 6.24. The van der Waals surface area contributed by atoms with Gasteiger partial charge in [-0.05, 0) is 12.8 Å². The van der Waals surface area contributed by atoms with Gasteiger partial charge in [-0.25, -0.2) is 4.39 Å². The predicted octanol–water partition coefficient (Wildman–Crippen LogP) is 2.62. The molecule has 2 rings (SSSR count). The van der Waals surface area contributed by atoms with Gasteiger partial charge in [0.05, 0.1) is 36.3 Å². The largest absolute Gasteiger partial charge is 0.490 e. The smallest absolute Gasteiger partial charge is 0.313 e. The van der Waals surface area contributed by atoms with Crippen LogP contribution in [-0.2, 0) is 0 Å². The Morgan fingerprint density at radius 2 is 2.30 bits per heavy atom. The van der Waals surface area contributed by atoms with Gasteiger partial charge in [-0.2, -0.15) is 5.26 Å². The van der Waals surface area contributed by atoms with E-state index in [-0.39, 0.29) is 23.9 Å². The number of anilines is 1. The SMILES string of the molecule is COc1cc(N(CCC#N)C2CC2)c(F)cc1[N+](=O)[O-]. The number of nitrogens with zero attached hydrogens (tertiary/aromatic N) is 3. The van der Waals surface area contributed by atoms with Gasteiger partial charge in [-0.3, -0.25) is 10.1 Å². The van der Waals surface area contributed by atoms with Crippen molar-refractivity contribution in [2.75, 3.05) is 18.6 Å². The Hall–Kier alpha value is -2.36. The van der Waals surface area contributed by atoms with E-state index < -0.39 is 16.4 Å². The van der Waals surface area contributed by atoms with Crippen molar-refractivity contribution in [1.29, 1.82) is 5.26 Å². The molecule has 0 N–H and O–H groups in total. The van der Waals surface area contributed by atoms with Gasteiger partial charge in [0.25, 0.3) is 0 Å². The maximum Gasteiger partial charge on any atom is 0.313 e. The van der Waals surface area contributed by atoms with Crippen molar-refractivity contribution in [3.63, 3.8) is 0 Å². The molecule has 7 heteroatoms. The first-order valence-electron chi connectivity index (χ1n) is 6.24. The zero-order valence-corrected chi connectivity index (χ0v) is 11.0. The number of nitriles is 1. The number of nitro benzene ring substituents is 1. The molecule has 0 aliphatic heterocycles. The molecule has 1 fully saturated rings. The number of methoxy groups -OCH3 is 1. The maximum absolute atomic E-state index is 14.1. The van der Waals surface area contributed by atoms with Crippen LogP contribution in [0.15, 0.2) is 12.1 Å². The molecule has 1 saturated carbocycles. The van der Waals surface area contributed by atoms with Crippen LogP contribution >= 0.6 is 0 Å². The topological polar surface area (TPSA) is 79.4 Å². The van der Waals surface area contributed by atoms with Crippen LogP contribution in [0, 0.1) is 27.3 Å². The third kappa shape index (κ3) is 2.79. The molecule has 1 aromatic rings. The standard InChI is InChI=1S/C13H14FN3O3/c1-20-13-8-11(10(14)7-12(13)17(18)19)16(6-2-5-15)9-3-4-9/h7-9H,2-4,6H2,1H3. The number of hydrogen-bond acceptors (Lipinski definition) is 5. The highest BCUT2D eigenvalue weighted by Gasteiger charge is 2.32. The fourth-order valence-electron chi connectivity index (χ4n) is 2.11. The van der Waals surface area contributed by atoms with Crippen molar-refractivity contribution in [3.05, 3.63) is 28.1 Å². The van der Waals surface area contributed by atoms with E-state index in [1.54, 1.807) is 4.90 Å². The molecule has 0 unspecified atom stereocenters. The van der Waals surface area contributed by atoms with Crippen molar-refractivity contribution in [3.8, 4) is 11.8 Å². The number of halogens is 1. The summed E-state index contributed by atoms with van der Waals surface area (Å²) >= 11 is 0. The summed E-state index contributed by atoms with van der Waals surface area (Å²) in [7, 11) is 1.31. The molecule has 0 spiro atoms. The molecule has 1 aliphatic rings. The number of nitro groups is 1. The van der Waals surface area contributed by atoms with Crippen LogP contribution in [0.2, 0.25) is 0 Å². The first-order chi connectivity index (χ1) is 9.58. The molecule has 0 amide bonds. The third-order valence-corrected chi connectivity index (χ3v) is 3.21. The minimum atomic E-state index is -0.678. The van der Waals surface area contributed by atoms with Gasteiger partial charge in [0.15, 0.2) is 11.6 Å². The number of rotatable bonds is 6. The molecule has 0 heterocycles. The van der Waals surface area contributed by atoms with E-state index in [1.807, 2.05) is 6.07 Å². The lowest BCUT2D eigenvalue weighted by Crippen LogP contribution is -2.27. The highest BCUT2D eigenvalue weighted by molar-refractivity contribution is 5.61. The molecule has 0 radical (unpaired) electrons. The van der Waals surface area contributed by atoms with Gasteiger partial charge in [0.2, 0.25) is 0 Å². The van der Waals surface area contributed by atoms with Gasteiger partial charge >= 0.3 is 5.69 Å². The van der Waals surface area contributed by atoms with Gasteiger partial charge in [0.1, 0.15) is 0 Å². The fraction of sp³-hybridized carbons (Fsp3) is 0.462. The number of hydrogen-bond donors (Lipinski definition) is 0. The second-order valence-corrected chi connectivity index (χ2v) is 4.57. The minimum absolute atomic E-state index is 0.0222. The van der Waals surface area contributed by atoms with E-state index in [4.69, 9.17) is 10.00 Å².